The van der Waals surface area contributed by atoms with Gasteiger partial charge in [-0.2, -0.15) is 4.58 Å². The molecule has 0 atom stereocenters. The van der Waals surface area contributed by atoms with E-state index in [1.54, 1.807) is 0 Å². The Morgan fingerprint density at radius 2 is 1.35 bits per heavy atom. The number of benzene rings is 4. The summed E-state index contributed by atoms with van der Waals surface area (Å²) in [5, 5.41) is 5.30. The molecule has 2 heterocycles. The van der Waals surface area contributed by atoms with E-state index in [0.29, 0.717) is 24.5 Å². The molecular formula is C45H48ClN2NaO6S2. The summed E-state index contributed by atoms with van der Waals surface area (Å²) in [6.07, 6.45) is 12.1. The summed E-state index contributed by atoms with van der Waals surface area (Å²) in [7, 11) is -8.64. The zero-order chi connectivity index (χ0) is 40.0. The Morgan fingerprint density at radius 3 is 2.02 bits per heavy atom. The molecule has 8 nitrogen and oxygen atoms in total. The Labute approximate surface area is 364 Å². The van der Waals surface area contributed by atoms with Crippen LogP contribution in [0.15, 0.2) is 119 Å². The molecule has 57 heavy (non-hydrogen) atoms. The molecule has 0 unspecified atom stereocenters. The van der Waals surface area contributed by atoms with Gasteiger partial charge in [-0.05, 0) is 102 Å². The van der Waals surface area contributed by atoms with Crippen LogP contribution in [0.5, 0.6) is 0 Å². The Morgan fingerprint density at radius 1 is 0.737 bits per heavy atom. The van der Waals surface area contributed by atoms with Crippen molar-refractivity contribution in [2.45, 2.75) is 77.0 Å². The van der Waals surface area contributed by atoms with Crippen molar-refractivity contribution in [3.05, 3.63) is 130 Å². The summed E-state index contributed by atoms with van der Waals surface area (Å²) in [4.78, 5) is 2.27. The first-order valence-corrected chi connectivity index (χ1v) is 22.8. The molecule has 294 valence electrons. The van der Waals surface area contributed by atoms with Crippen LogP contribution in [-0.2, 0) is 31.1 Å². The van der Waals surface area contributed by atoms with Crippen molar-refractivity contribution < 1.29 is 60.1 Å². The molecule has 3 aliphatic rings. The molecule has 7 rings (SSSR count). The molecule has 4 aromatic carbocycles. The van der Waals surface area contributed by atoms with Gasteiger partial charge in [0.15, 0.2) is 5.71 Å². The molecule has 0 bridgehead atoms. The Kier molecular flexibility index (Phi) is 12.9. The van der Waals surface area contributed by atoms with Gasteiger partial charge in [0.2, 0.25) is 5.69 Å². The molecule has 0 fully saturated rings. The van der Waals surface area contributed by atoms with E-state index in [9.17, 15) is 25.9 Å². The number of anilines is 1. The first-order valence-electron chi connectivity index (χ1n) is 19.3. The SMILES string of the molecule is CC1(C)C(/C=C/C2=C(Cl)C(=C/C=C3/N(CCCCS(=O)(=O)[O-])c4ccc5ccccc5c4C3(C)C)/CCC2)=[N+](CCCS(=O)(=O)[O-])c2ccc3ccccc3c21.[Na+]. The Bertz CT molecular complexity index is 2620. The summed E-state index contributed by atoms with van der Waals surface area (Å²) in [6.45, 7) is 9.77. The van der Waals surface area contributed by atoms with Crippen LogP contribution in [0.4, 0.5) is 11.4 Å². The summed E-state index contributed by atoms with van der Waals surface area (Å²) in [6, 6.07) is 25.1. The third-order valence-electron chi connectivity index (χ3n) is 11.7. The number of fused-ring (bicyclic) bond motifs is 6. The summed E-state index contributed by atoms with van der Waals surface area (Å²) < 4.78 is 71.0. The molecule has 4 aromatic rings. The van der Waals surface area contributed by atoms with Gasteiger partial charge in [-0.15, -0.1) is 0 Å². The molecule has 0 spiro atoms. The molecule has 0 saturated heterocycles. The van der Waals surface area contributed by atoms with Gasteiger partial charge in [-0.3, -0.25) is 0 Å². The topological polar surface area (TPSA) is 121 Å². The van der Waals surface area contributed by atoms with E-state index < -0.39 is 31.4 Å². The van der Waals surface area contributed by atoms with Gasteiger partial charge >= 0.3 is 29.6 Å². The first-order chi connectivity index (χ1) is 26.5. The third kappa shape index (κ3) is 8.94. The van der Waals surface area contributed by atoms with E-state index in [0.717, 1.165) is 69.4 Å². The van der Waals surface area contributed by atoms with Crippen LogP contribution in [0.3, 0.4) is 0 Å². The van der Waals surface area contributed by atoms with Gasteiger partial charge in [0.1, 0.15) is 6.54 Å². The van der Waals surface area contributed by atoms with Gasteiger partial charge < -0.3 is 14.0 Å². The van der Waals surface area contributed by atoms with Gasteiger partial charge in [0.05, 0.1) is 25.7 Å². The fraction of sp³-hybridized carbons (Fsp3) is 0.356. The van der Waals surface area contributed by atoms with E-state index in [1.807, 2.05) is 18.2 Å². The van der Waals surface area contributed by atoms with Gasteiger partial charge in [-0.25, -0.2) is 16.8 Å². The summed E-state index contributed by atoms with van der Waals surface area (Å²) in [5.41, 5.74) is 7.84. The van der Waals surface area contributed by atoms with Crippen molar-refractivity contribution >= 4 is 70.5 Å². The van der Waals surface area contributed by atoms with Gasteiger partial charge in [0, 0.05) is 64.0 Å². The maximum absolute atomic E-state index is 11.6. The molecular weight excluding hydrogens is 787 g/mol. The van der Waals surface area contributed by atoms with Crippen LogP contribution < -0.4 is 34.5 Å². The molecule has 0 saturated carbocycles. The smallest absolute Gasteiger partial charge is 0.748 e. The van der Waals surface area contributed by atoms with Crippen LogP contribution in [0.2, 0.25) is 0 Å². The first kappa shape index (κ1) is 43.5. The Hall–Kier alpha value is -3.06. The number of nitrogens with zero attached hydrogens (tertiary/aromatic N) is 2. The predicted octanol–water partition coefficient (Wildman–Crippen LogP) is 6.48. The van der Waals surface area contributed by atoms with E-state index in [4.69, 9.17) is 11.6 Å². The van der Waals surface area contributed by atoms with E-state index in [1.165, 1.54) is 16.5 Å². The minimum atomic E-state index is -4.35. The van der Waals surface area contributed by atoms with Crippen LogP contribution in [0, 0.1) is 0 Å². The van der Waals surface area contributed by atoms with Crippen molar-refractivity contribution in [3.8, 4) is 0 Å². The summed E-state index contributed by atoms with van der Waals surface area (Å²) >= 11 is 7.25. The van der Waals surface area contributed by atoms with E-state index in [-0.39, 0.29) is 53.6 Å². The second-order valence-electron chi connectivity index (χ2n) is 16.2. The molecule has 2 aliphatic heterocycles. The van der Waals surface area contributed by atoms with Crippen molar-refractivity contribution in [2.75, 3.05) is 29.5 Å². The molecule has 0 N–H and O–H groups in total. The van der Waals surface area contributed by atoms with Crippen LogP contribution >= 0.6 is 11.6 Å². The molecule has 0 radical (unpaired) electrons. The number of hydrogen-bond acceptors (Lipinski definition) is 7. The fourth-order valence-electron chi connectivity index (χ4n) is 9.07. The zero-order valence-electron chi connectivity index (χ0n) is 33.3. The molecule has 1 aliphatic carbocycles. The average Bonchev–Trinajstić information content (AvgIpc) is 3.49. The standard InChI is InChI=1S/C45H49ClN2O6S2.Na/c1-44(2)39(47(27-9-10-29-55(49,50)51)37-23-19-31-13-5-7-17-35(31)41(37)44)25-21-33-15-11-16-34(43(33)46)22-26-40-45(3,4)42-36-18-8-6-14-32(36)20-24-38(42)48(40)28-12-30-56(52,53)54;/h5-8,13-14,17-26H,9-12,15-16,27-30H2,1-4H3,(H-,49,50,51,52,53,54);/q;+1/p-1. The van der Waals surface area contributed by atoms with Gasteiger partial charge in [0.25, 0.3) is 0 Å². The van der Waals surface area contributed by atoms with Crippen LogP contribution in [0.1, 0.15) is 77.3 Å². The van der Waals surface area contributed by atoms with Crippen LogP contribution in [-0.4, -0.2) is 60.8 Å². The second-order valence-corrected chi connectivity index (χ2v) is 19.6. The van der Waals surface area contributed by atoms with Crippen molar-refractivity contribution in [1.29, 1.82) is 0 Å². The van der Waals surface area contributed by atoms with Crippen molar-refractivity contribution in [1.82, 2.24) is 0 Å². The number of rotatable bonds is 12. The molecule has 0 aromatic heterocycles. The maximum Gasteiger partial charge on any atom is 1.00 e. The largest absolute Gasteiger partial charge is 1.00 e. The normalized spacial score (nSPS) is 19.3. The summed E-state index contributed by atoms with van der Waals surface area (Å²) in [5.74, 6) is -0.810. The average molecular weight is 835 g/mol. The van der Waals surface area contributed by atoms with Crippen molar-refractivity contribution in [2.24, 2.45) is 0 Å². The second kappa shape index (κ2) is 16.9. The quantitative estimate of drug-likeness (QED) is 0.0695. The third-order valence-corrected chi connectivity index (χ3v) is 13.7. The maximum atomic E-state index is 11.6. The Balaban J connectivity index is 0.00000549. The predicted molar refractivity (Wildman–Crippen MR) is 226 cm³/mol. The monoisotopic (exact) mass is 834 g/mol. The van der Waals surface area contributed by atoms with Crippen LogP contribution in [0.25, 0.3) is 21.5 Å². The van der Waals surface area contributed by atoms with Gasteiger partial charge in [-0.1, -0.05) is 92.2 Å². The number of unbranched alkanes of at least 4 members (excludes halogenated alkanes) is 1. The van der Waals surface area contributed by atoms with E-state index >= 15 is 0 Å². The van der Waals surface area contributed by atoms with E-state index in [2.05, 4.69) is 116 Å². The molecule has 0 amide bonds. The minimum absolute atomic E-state index is 0. The number of halogens is 1. The minimum Gasteiger partial charge on any atom is -0.748 e. The zero-order valence-corrected chi connectivity index (χ0v) is 37.7. The number of hydrogen-bond donors (Lipinski definition) is 0. The molecule has 12 heteroatoms. The van der Waals surface area contributed by atoms with Crippen molar-refractivity contribution in [3.63, 3.8) is 0 Å². The fourth-order valence-corrected chi connectivity index (χ4v) is 10.4. The number of allylic oxidation sites excluding steroid dienone is 8.